The van der Waals surface area contributed by atoms with Crippen LogP contribution < -0.4 is 0 Å². The van der Waals surface area contributed by atoms with E-state index >= 15 is 0 Å². The van der Waals surface area contributed by atoms with Crippen molar-refractivity contribution in [2.45, 2.75) is 11.8 Å². The summed E-state index contributed by atoms with van der Waals surface area (Å²) in [6.07, 6.45) is 1.47. The molecule has 0 aromatic heterocycles. The number of aryl methyl sites for hydroxylation is 1. The number of cyclic esters (lactones) is 1. The molecule has 1 aromatic carbocycles. The maximum atomic E-state index is 12.9. The summed E-state index contributed by atoms with van der Waals surface area (Å²) in [6, 6.07) is 3.86. The Morgan fingerprint density at radius 2 is 1.92 bits per heavy atom. The molecule has 3 rings (SSSR count). The molecule has 0 bridgehead atoms. The second-order valence-corrected chi connectivity index (χ2v) is 8.20. The number of hydrogen-bond acceptors (Lipinski definition) is 7. The van der Waals surface area contributed by atoms with Gasteiger partial charge in [-0.05, 0) is 18.1 Å². The average Bonchev–Trinajstić information content (AvgIpc) is 3.00. The van der Waals surface area contributed by atoms with Crippen LogP contribution in [0.5, 0.6) is 0 Å². The molecular formula is C16H19N3O6S. The first-order valence-electron chi connectivity index (χ1n) is 8.11. The topological polar surface area (TPSA) is 110 Å². The number of carbonyl (C=O) groups is 1. The molecule has 0 unspecified atom stereocenters. The SMILES string of the molecule is Cc1ccc([N+](=O)[O-])cc1S(=O)(=O)N1CCN(CC2=CC(=O)OC2)CC1. The van der Waals surface area contributed by atoms with Crippen LogP contribution >= 0.6 is 0 Å². The second-order valence-electron chi connectivity index (χ2n) is 6.30. The molecule has 2 heterocycles. The van der Waals surface area contributed by atoms with Crippen LogP contribution in [-0.2, 0) is 19.6 Å². The maximum absolute atomic E-state index is 12.9. The fraction of sp³-hybridized carbons (Fsp3) is 0.438. The number of nitro benzene ring substituents is 1. The summed E-state index contributed by atoms with van der Waals surface area (Å²) < 4.78 is 32.0. The number of esters is 1. The zero-order chi connectivity index (χ0) is 18.9. The lowest BCUT2D eigenvalue weighted by Crippen LogP contribution is -2.49. The molecule has 0 radical (unpaired) electrons. The Labute approximate surface area is 151 Å². The third-order valence-electron chi connectivity index (χ3n) is 4.48. The molecule has 1 fully saturated rings. The van der Waals surface area contributed by atoms with E-state index in [0.717, 1.165) is 11.6 Å². The molecule has 10 heteroatoms. The van der Waals surface area contributed by atoms with Crippen LogP contribution in [-0.4, -0.2) is 67.8 Å². The average molecular weight is 381 g/mol. The molecule has 0 atom stereocenters. The van der Waals surface area contributed by atoms with E-state index in [0.29, 0.717) is 25.2 Å². The van der Waals surface area contributed by atoms with Crippen molar-refractivity contribution in [1.29, 1.82) is 0 Å². The van der Waals surface area contributed by atoms with Crippen LogP contribution in [0.4, 0.5) is 5.69 Å². The standard InChI is InChI=1S/C16H19N3O6S/c1-12-2-3-14(19(21)22)9-15(12)26(23,24)18-6-4-17(5-7-18)10-13-8-16(20)25-11-13/h2-3,8-9H,4-7,10-11H2,1H3. The first-order valence-corrected chi connectivity index (χ1v) is 9.55. The van der Waals surface area contributed by atoms with E-state index < -0.39 is 14.9 Å². The fourth-order valence-electron chi connectivity index (χ4n) is 3.04. The minimum atomic E-state index is -3.80. The van der Waals surface area contributed by atoms with Gasteiger partial charge in [0.25, 0.3) is 5.69 Å². The monoisotopic (exact) mass is 381 g/mol. The third kappa shape index (κ3) is 3.76. The Hall–Kier alpha value is -2.30. The molecule has 0 N–H and O–H groups in total. The molecule has 1 aromatic rings. The van der Waals surface area contributed by atoms with Crippen molar-refractivity contribution in [2.75, 3.05) is 39.3 Å². The van der Waals surface area contributed by atoms with Crippen LogP contribution in [0.15, 0.2) is 34.7 Å². The van der Waals surface area contributed by atoms with Gasteiger partial charge >= 0.3 is 5.97 Å². The second kappa shape index (κ2) is 7.14. The van der Waals surface area contributed by atoms with Gasteiger partial charge in [-0.15, -0.1) is 0 Å². The van der Waals surface area contributed by atoms with Crippen molar-refractivity contribution in [3.8, 4) is 0 Å². The molecule has 0 saturated carbocycles. The van der Waals surface area contributed by atoms with E-state index in [9.17, 15) is 23.3 Å². The van der Waals surface area contributed by atoms with Crippen molar-refractivity contribution < 1.29 is 22.9 Å². The quantitative estimate of drug-likeness (QED) is 0.419. The maximum Gasteiger partial charge on any atom is 0.331 e. The van der Waals surface area contributed by atoms with Gasteiger partial charge in [-0.1, -0.05) is 6.07 Å². The summed E-state index contributed by atoms with van der Waals surface area (Å²) in [6.45, 7) is 4.06. The van der Waals surface area contributed by atoms with Gasteiger partial charge in [-0.2, -0.15) is 4.31 Å². The minimum Gasteiger partial charge on any atom is -0.458 e. The summed E-state index contributed by atoms with van der Waals surface area (Å²) in [4.78, 5) is 23.5. The number of piperazine rings is 1. The molecule has 26 heavy (non-hydrogen) atoms. The van der Waals surface area contributed by atoms with Crippen LogP contribution in [0.3, 0.4) is 0 Å². The lowest BCUT2D eigenvalue weighted by atomic mass is 10.2. The van der Waals surface area contributed by atoms with Gasteiger partial charge in [0, 0.05) is 50.9 Å². The van der Waals surface area contributed by atoms with Gasteiger partial charge in [0.2, 0.25) is 10.0 Å². The normalized spacial score (nSPS) is 19.3. The number of non-ortho nitro benzene ring substituents is 1. The van der Waals surface area contributed by atoms with E-state index in [-0.39, 0.29) is 36.2 Å². The Balaban J connectivity index is 1.70. The van der Waals surface area contributed by atoms with E-state index in [1.54, 1.807) is 6.92 Å². The van der Waals surface area contributed by atoms with E-state index in [1.165, 1.54) is 22.5 Å². The van der Waals surface area contributed by atoms with Gasteiger partial charge in [-0.25, -0.2) is 13.2 Å². The van der Waals surface area contributed by atoms with Crippen LogP contribution in [0.1, 0.15) is 5.56 Å². The first-order chi connectivity index (χ1) is 12.3. The summed E-state index contributed by atoms with van der Waals surface area (Å²) in [5.74, 6) is -0.345. The number of nitrogens with zero attached hydrogens (tertiary/aromatic N) is 3. The first kappa shape index (κ1) is 18.5. The molecule has 0 spiro atoms. The number of nitro groups is 1. The summed E-state index contributed by atoms with van der Waals surface area (Å²) in [5, 5.41) is 10.9. The van der Waals surface area contributed by atoms with Crippen molar-refractivity contribution >= 4 is 21.7 Å². The summed E-state index contributed by atoms with van der Waals surface area (Å²) in [5.41, 5.74) is 1.11. The lowest BCUT2D eigenvalue weighted by molar-refractivity contribution is -0.385. The van der Waals surface area contributed by atoms with Gasteiger partial charge in [0.05, 0.1) is 9.82 Å². The van der Waals surface area contributed by atoms with Gasteiger partial charge in [0.15, 0.2) is 0 Å². The van der Waals surface area contributed by atoms with Crippen LogP contribution in [0.25, 0.3) is 0 Å². The predicted octanol–water partition coefficient (Wildman–Crippen LogP) is 0.693. The molecule has 0 amide bonds. The molecule has 1 saturated heterocycles. The highest BCUT2D eigenvalue weighted by Crippen LogP contribution is 2.25. The molecule has 2 aliphatic rings. The molecule has 140 valence electrons. The third-order valence-corrected chi connectivity index (χ3v) is 6.52. The fourth-order valence-corrected chi connectivity index (χ4v) is 4.71. The highest BCUT2D eigenvalue weighted by atomic mass is 32.2. The van der Waals surface area contributed by atoms with Gasteiger partial charge in [0.1, 0.15) is 6.61 Å². The molecule has 2 aliphatic heterocycles. The van der Waals surface area contributed by atoms with E-state index in [2.05, 4.69) is 4.90 Å². The zero-order valence-electron chi connectivity index (χ0n) is 14.3. The summed E-state index contributed by atoms with van der Waals surface area (Å²) >= 11 is 0. The smallest absolute Gasteiger partial charge is 0.331 e. The lowest BCUT2D eigenvalue weighted by Gasteiger charge is -2.34. The van der Waals surface area contributed by atoms with E-state index in [4.69, 9.17) is 4.74 Å². The van der Waals surface area contributed by atoms with Crippen LogP contribution in [0.2, 0.25) is 0 Å². The number of rotatable bonds is 5. The Bertz CT molecular complexity index is 872. The minimum absolute atomic E-state index is 0.0300. The van der Waals surface area contributed by atoms with E-state index in [1.807, 2.05) is 0 Å². The van der Waals surface area contributed by atoms with Crippen molar-refractivity contribution in [3.05, 3.63) is 45.5 Å². The molecular weight excluding hydrogens is 362 g/mol. The largest absolute Gasteiger partial charge is 0.458 e. The van der Waals surface area contributed by atoms with Gasteiger partial charge in [-0.3, -0.25) is 15.0 Å². The number of ether oxygens (including phenoxy) is 1. The van der Waals surface area contributed by atoms with Crippen molar-refractivity contribution in [1.82, 2.24) is 9.21 Å². The Morgan fingerprint density at radius 1 is 1.23 bits per heavy atom. The Morgan fingerprint density at radius 3 is 2.50 bits per heavy atom. The number of benzene rings is 1. The van der Waals surface area contributed by atoms with Crippen molar-refractivity contribution in [2.24, 2.45) is 0 Å². The zero-order valence-corrected chi connectivity index (χ0v) is 15.1. The molecule has 9 nitrogen and oxygen atoms in total. The Kier molecular flexibility index (Phi) is 5.08. The highest BCUT2D eigenvalue weighted by Gasteiger charge is 2.31. The van der Waals surface area contributed by atoms with Crippen LogP contribution in [0, 0.1) is 17.0 Å². The predicted molar refractivity (Wildman–Crippen MR) is 92.1 cm³/mol. The summed E-state index contributed by atoms with van der Waals surface area (Å²) in [7, 11) is -3.80. The number of hydrogen-bond donors (Lipinski definition) is 0. The number of carbonyl (C=O) groups excluding carboxylic acids is 1. The number of sulfonamides is 1. The van der Waals surface area contributed by atoms with Gasteiger partial charge < -0.3 is 4.74 Å². The highest BCUT2D eigenvalue weighted by molar-refractivity contribution is 7.89. The van der Waals surface area contributed by atoms with Crippen molar-refractivity contribution in [3.63, 3.8) is 0 Å². The molecule has 0 aliphatic carbocycles.